The molecule has 0 aliphatic heterocycles. The van der Waals surface area contributed by atoms with E-state index >= 15 is 0 Å². The van der Waals surface area contributed by atoms with Gasteiger partial charge in [0.1, 0.15) is 0 Å². The molecule has 0 radical (unpaired) electrons. The minimum absolute atomic E-state index is 0.149. The van der Waals surface area contributed by atoms with Crippen LogP contribution in [-0.2, 0) is 4.57 Å². The van der Waals surface area contributed by atoms with Gasteiger partial charge in [0, 0.05) is 0 Å². The smallest absolute Gasteiger partial charge is 0.324 e. The van der Waals surface area contributed by atoms with Crippen molar-refractivity contribution in [3.05, 3.63) is 12.2 Å². The van der Waals surface area contributed by atoms with E-state index in [1.807, 2.05) is 0 Å². The first-order chi connectivity index (χ1) is 3.56. The van der Waals surface area contributed by atoms with E-state index in [-0.39, 0.29) is 6.16 Å². The van der Waals surface area contributed by atoms with Crippen LogP contribution in [0.4, 0.5) is 0 Å². The Kier molecular flexibility index (Phi) is 2.98. The van der Waals surface area contributed by atoms with Crippen molar-refractivity contribution >= 4 is 7.60 Å². The highest BCUT2D eigenvalue weighted by molar-refractivity contribution is 7.51. The van der Waals surface area contributed by atoms with Crippen molar-refractivity contribution in [1.82, 2.24) is 0 Å². The van der Waals surface area contributed by atoms with Crippen molar-refractivity contribution in [2.45, 2.75) is 6.92 Å². The molecule has 0 aromatic carbocycles. The number of rotatable bonds is 2. The summed E-state index contributed by atoms with van der Waals surface area (Å²) in [5.74, 6) is 0. The fourth-order valence-electron chi connectivity index (χ4n) is 0.243. The summed E-state index contributed by atoms with van der Waals surface area (Å²) in [5.41, 5.74) is 0. The molecule has 2 N–H and O–H groups in total. The average Bonchev–Trinajstić information content (AvgIpc) is 1.59. The highest BCUT2D eigenvalue weighted by Crippen LogP contribution is 2.33. The maximum absolute atomic E-state index is 10.0. The highest BCUT2D eigenvalue weighted by atomic mass is 31.2. The molecule has 8 heavy (non-hydrogen) atoms. The van der Waals surface area contributed by atoms with Crippen LogP contribution < -0.4 is 0 Å². The Morgan fingerprint density at radius 1 is 1.62 bits per heavy atom. The van der Waals surface area contributed by atoms with Gasteiger partial charge >= 0.3 is 7.60 Å². The number of hydrogen-bond acceptors (Lipinski definition) is 1. The summed E-state index contributed by atoms with van der Waals surface area (Å²) in [5, 5.41) is 0. The molecule has 0 unspecified atom stereocenters. The molecule has 0 bridgehead atoms. The number of hydrogen-bond donors (Lipinski definition) is 2. The molecule has 0 aromatic rings. The Bertz CT molecular complexity index is 123. The first-order valence-electron chi connectivity index (χ1n) is 2.22. The third kappa shape index (κ3) is 5.89. The zero-order chi connectivity index (χ0) is 6.62. The maximum Gasteiger partial charge on any atom is 0.329 e. The van der Waals surface area contributed by atoms with E-state index < -0.39 is 7.60 Å². The standard InChI is InChI=1S/C4H9O3P/c1-2-3-4-8(5,6)7/h2-3H,4H2,1H3,(H2,5,6,7). The van der Waals surface area contributed by atoms with Crippen LogP contribution >= 0.6 is 7.60 Å². The van der Waals surface area contributed by atoms with Gasteiger partial charge in [-0.05, 0) is 6.92 Å². The predicted octanol–water partition coefficient (Wildman–Crippen LogP) is 0.740. The van der Waals surface area contributed by atoms with Gasteiger partial charge in [-0.25, -0.2) is 0 Å². The van der Waals surface area contributed by atoms with Crippen molar-refractivity contribution in [3.8, 4) is 0 Å². The van der Waals surface area contributed by atoms with E-state index in [2.05, 4.69) is 0 Å². The van der Waals surface area contributed by atoms with Crippen molar-refractivity contribution < 1.29 is 14.4 Å². The fourth-order valence-corrected chi connectivity index (χ4v) is 0.728. The van der Waals surface area contributed by atoms with E-state index in [9.17, 15) is 4.57 Å². The van der Waals surface area contributed by atoms with Gasteiger partial charge < -0.3 is 9.79 Å². The lowest BCUT2D eigenvalue weighted by atomic mass is 10.6. The minimum Gasteiger partial charge on any atom is -0.324 e. The molecule has 0 amide bonds. The van der Waals surface area contributed by atoms with Gasteiger partial charge in [-0.3, -0.25) is 4.57 Å². The molecule has 0 saturated heterocycles. The molecule has 0 aliphatic carbocycles. The topological polar surface area (TPSA) is 57.5 Å². The summed E-state index contributed by atoms with van der Waals surface area (Å²) >= 11 is 0. The van der Waals surface area contributed by atoms with E-state index in [0.29, 0.717) is 0 Å². The second-order valence-corrected chi connectivity index (χ2v) is 3.11. The van der Waals surface area contributed by atoms with Crippen LogP contribution in [0.2, 0.25) is 0 Å². The molecule has 4 heteroatoms. The molecule has 0 aliphatic rings. The second-order valence-electron chi connectivity index (χ2n) is 1.42. The molecule has 0 rings (SSSR count). The van der Waals surface area contributed by atoms with Gasteiger partial charge in [0.15, 0.2) is 0 Å². The highest BCUT2D eigenvalue weighted by Gasteiger charge is 2.07. The molecule has 0 heterocycles. The Hall–Kier alpha value is -0.110. The van der Waals surface area contributed by atoms with E-state index in [4.69, 9.17) is 9.79 Å². The zero-order valence-corrected chi connectivity index (χ0v) is 5.51. The number of allylic oxidation sites excluding steroid dienone is 2. The predicted molar refractivity (Wildman–Crippen MR) is 31.7 cm³/mol. The fraction of sp³-hybridized carbons (Fsp3) is 0.500. The van der Waals surface area contributed by atoms with Crippen LogP contribution in [-0.4, -0.2) is 15.9 Å². The molecule has 3 nitrogen and oxygen atoms in total. The van der Waals surface area contributed by atoms with Gasteiger partial charge in [0.2, 0.25) is 0 Å². The van der Waals surface area contributed by atoms with E-state index in [1.165, 1.54) is 6.08 Å². The lowest BCUT2D eigenvalue weighted by molar-refractivity contribution is 0.377. The summed E-state index contributed by atoms with van der Waals surface area (Å²) in [7, 11) is -3.77. The summed E-state index contributed by atoms with van der Waals surface area (Å²) in [4.78, 5) is 16.4. The lowest BCUT2D eigenvalue weighted by Gasteiger charge is -1.94. The van der Waals surface area contributed by atoms with E-state index in [0.717, 1.165) is 0 Å². The van der Waals surface area contributed by atoms with Crippen LogP contribution in [0.5, 0.6) is 0 Å². The normalized spacial score (nSPS) is 12.9. The van der Waals surface area contributed by atoms with Crippen LogP contribution in [0.3, 0.4) is 0 Å². The molecule has 48 valence electrons. The third-order valence-electron chi connectivity index (χ3n) is 0.579. The molecular weight excluding hydrogens is 127 g/mol. The molecule has 0 atom stereocenters. The summed E-state index contributed by atoms with van der Waals surface area (Å²) in [6, 6.07) is 0. The van der Waals surface area contributed by atoms with Gasteiger partial charge in [0.25, 0.3) is 0 Å². The average molecular weight is 136 g/mol. The quantitative estimate of drug-likeness (QED) is 0.434. The summed E-state index contributed by atoms with van der Waals surface area (Å²) in [6.07, 6.45) is 2.91. The Labute approximate surface area is 48.2 Å². The van der Waals surface area contributed by atoms with Crippen molar-refractivity contribution in [1.29, 1.82) is 0 Å². The minimum atomic E-state index is -3.77. The van der Waals surface area contributed by atoms with Gasteiger partial charge in [-0.1, -0.05) is 12.2 Å². The maximum atomic E-state index is 10.0. The summed E-state index contributed by atoms with van der Waals surface area (Å²) < 4.78 is 10.0. The largest absolute Gasteiger partial charge is 0.329 e. The second kappa shape index (κ2) is 3.02. The molecule has 0 fully saturated rings. The van der Waals surface area contributed by atoms with Gasteiger partial charge in [-0.15, -0.1) is 0 Å². The molecule has 0 aromatic heterocycles. The molecule has 0 saturated carbocycles. The van der Waals surface area contributed by atoms with E-state index in [1.54, 1.807) is 13.0 Å². The van der Waals surface area contributed by atoms with Crippen molar-refractivity contribution in [2.75, 3.05) is 6.16 Å². The van der Waals surface area contributed by atoms with Crippen LogP contribution in [0.25, 0.3) is 0 Å². The first kappa shape index (κ1) is 7.89. The van der Waals surface area contributed by atoms with Crippen molar-refractivity contribution in [3.63, 3.8) is 0 Å². The monoisotopic (exact) mass is 136 g/mol. The van der Waals surface area contributed by atoms with Gasteiger partial charge in [0.05, 0.1) is 6.16 Å². The van der Waals surface area contributed by atoms with Crippen LogP contribution in [0.15, 0.2) is 12.2 Å². The van der Waals surface area contributed by atoms with Crippen LogP contribution in [0, 0.1) is 0 Å². The molecule has 0 spiro atoms. The lowest BCUT2D eigenvalue weighted by Crippen LogP contribution is -1.79. The molecular formula is C4H9O3P. The summed E-state index contributed by atoms with van der Waals surface area (Å²) in [6.45, 7) is 1.72. The van der Waals surface area contributed by atoms with Crippen molar-refractivity contribution in [2.24, 2.45) is 0 Å². The Balaban J connectivity index is 3.57. The van der Waals surface area contributed by atoms with Crippen LogP contribution in [0.1, 0.15) is 6.92 Å². The van der Waals surface area contributed by atoms with Gasteiger partial charge in [-0.2, -0.15) is 0 Å². The Morgan fingerprint density at radius 2 is 2.12 bits per heavy atom. The third-order valence-corrected chi connectivity index (χ3v) is 1.27. The first-order valence-corrected chi connectivity index (χ1v) is 4.02. The SMILES string of the molecule is CC=CCP(=O)(O)O. The Morgan fingerprint density at radius 3 is 2.25 bits per heavy atom. The zero-order valence-electron chi connectivity index (χ0n) is 4.61.